The summed E-state index contributed by atoms with van der Waals surface area (Å²) in [4.78, 5) is 12.7. The maximum atomic E-state index is 13.0. The summed E-state index contributed by atoms with van der Waals surface area (Å²) in [7, 11) is 0. The molecular weight excluding hydrogens is 257 g/mol. The van der Waals surface area contributed by atoms with Gasteiger partial charge in [0.05, 0.1) is 11.6 Å². The number of Topliss-reactive ketones (excluding diaryl/α,β-unsaturated/α-hetero) is 1. The molecule has 0 N–H and O–H groups in total. The van der Waals surface area contributed by atoms with E-state index in [2.05, 4.69) is 10.3 Å². The number of benzene rings is 1. The van der Waals surface area contributed by atoms with Gasteiger partial charge in [-0.3, -0.25) is 4.79 Å². The Kier molecular flexibility index (Phi) is 3.97. The number of hydrogen-bond donors (Lipinski definition) is 0. The van der Waals surface area contributed by atoms with Crippen LogP contribution in [0.2, 0.25) is 0 Å². The molecule has 1 aromatic carbocycles. The van der Waals surface area contributed by atoms with Gasteiger partial charge < -0.3 is 0 Å². The van der Waals surface area contributed by atoms with E-state index < -0.39 is 5.41 Å². The van der Waals surface area contributed by atoms with Crippen LogP contribution in [0.5, 0.6) is 0 Å². The zero-order valence-electron chi connectivity index (χ0n) is 11.9. The van der Waals surface area contributed by atoms with E-state index in [1.165, 1.54) is 18.3 Å². The summed E-state index contributed by atoms with van der Waals surface area (Å²) < 4.78 is 14.6. The number of aromatic nitrogens is 3. The number of nitrogens with zero attached hydrogens (tertiary/aromatic N) is 3. The van der Waals surface area contributed by atoms with Crippen molar-refractivity contribution in [2.45, 2.75) is 39.2 Å². The van der Waals surface area contributed by atoms with Gasteiger partial charge in [0.15, 0.2) is 5.78 Å². The molecule has 0 aliphatic rings. The molecule has 1 aromatic heterocycles. The van der Waals surface area contributed by atoms with E-state index >= 15 is 0 Å². The summed E-state index contributed by atoms with van der Waals surface area (Å²) in [5, 5.41) is 7.75. The highest BCUT2D eigenvalue weighted by atomic mass is 19.1. The van der Waals surface area contributed by atoms with Crippen molar-refractivity contribution in [3.05, 3.63) is 47.5 Å². The molecule has 0 unspecified atom stereocenters. The highest BCUT2D eigenvalue weighted by molar-refractivity contribution is 6.02. The van der Waals surface area contributed by atoms with Gasteiger partial charge in [-0.15, -0.1) is 5.10 Å². The van der Waals surface area contributed by atoms with Crippen molar-refractivity contribution in [2.24, 2.45) is 0 Å². The minimum absolute atomic E-state index is 0.0671. The Morgan fingerprint density at radius 1 is 1.30 bits per heavy atom. The van der Waals surface area contributed by atoms with Crippen LogP contribution in [0.1, 0.15) is 43.2 Å². The van der Waals surface area contributed by atoms with Crippen molar-refractivity contribution in [1.29, 1.82) is 0 Å². The van der Waals surface area contributed by atoms with E-state index in [9.17, 15) is 9.18 Å². The van der Waals surface area contributed by atoms with Gasteiger partial charge in [0.2, 0.25) is 0 Å². The molecule has 0 saturated heterocycles. The number of carbonyl (C=O) groups excluding carboxylic acids is 1. The van der Waals surface area contributed by atoms with Crippen molar-refractivity contribution < 1.29 is 9.18 Å². The van der Waals surface area contributed by atoms with Gasteiger partial charge in [0.1, 0.15) is 11.5 Å². The molecule has 0 bridgehead atoms. The van der Waals surface area contributed by atoms with E-state index in [-0.39, 0.29) is 11.6 Å². The van der Waals surface area contributed by atoms with E-state index in [1.807, 2.05) is 20.8 Å². The Hall–Kier alpha value is -2.04. The quantitative estimate of drug-likeness (QED) is 0.788. The second-order valence-electron chi connectivity index (χ2n) is 5.30. The van der Waals surface area contributed by atoms with Gasteiger partial charge in [-0.05, 0) is 38.0 Å². The first-order valence-corrected chi connectivity index (χ1v) is 6.66. The summed E-state index contributed by atoms with van der Waals surface area (Å²) >= 11 is 0. The maximum Gasteiger partial charge on any atom is 0.192 e. The van der Waals surface area contributed by atoms with E-state index in [4.69, 9.17) is 0 Å². The smallest absolute Gasteiger partial charge is 0.192 e. The largest absolute Gasteiger partial charge is 0.291 e. The average Bonchev–Trinajstić information content (AvgIpc) is 2.87. The average molecular weight is 275 g/mol. The SMILES string of the molecule is CCCn1nncc1C(=O)C(C)(C)c1ccc(F)cc1. The van der Waals surface area contributed by atoms with Gasteiger partial charge in [-0.1, -0.05) is 24.3 Å². The molecule has 106 valence electrons. The topological polar surface area (TPSA) is 47.8 Å². The number of ketones is 1. The fourth-order valence-electron chi connectivity index (χ4n) is 2.13. The highest BCUT2D eigenvalue weighted by Crippen LogP contribution is 2.27. The lowest BCUT2D eigenvalue weighted by atomic mass is 9.79. The van der Waals surface area contributed by atoms with E-state index in [0.29, 0.717) is 12.2 Å². The molecule has 0 aliphatic heterocycles. The van der Waals surface area contributed by atoms with Crippen LogP contribution in [0.15, 0.2) is 30.5 Å². The third kappa shape index (κ3) is 2.61. The zero-order valence-corrected chi connectivity index (χ0v) is 11.9. The van der Waals surface area contributed by atoms with Crippen molar-refractivity contribution in [3.8, 4) is 0 Å². The summed E-state index contributed by atoms with van der Waals surface area (Å²) in [6.07, 6.45) is 2.36. The van der Waals surface area contributed by atoms with Gasteiger partial charge in [0, 0.05) is 6.54 Å². The molecule has 0 amide bonds. The Labute approximate surface area is 117 Å². The van der Waals surface area contributed by atoms with Gasteiger partial charge in [0.25, 0.3) is 0 Å². The molecule has 4 nitrogen and oxygen atoms in total. The predicted octanol–water partition coefficient (Wildman–Crippen LogP) is 2.99. The van der Waals surface area contributed by atoms with Crippen LogP contribution >= 0.6 is 0 Å². The van der Waals surface area contributed by atoms with Crippen LogP contribution in [0.4, 0.5) is 4.39 Å². The number of carbonyl (C=O) groups is 1. The maximum absolute atomic E-state index is 13.0. The second-order valence-corrected chi connectivity index (χ2v) is 5.30. The first kappa shape index (κ1) is 14.4. The normalized spacial score (nSPS) is 11.6. The fraction of sp³-hybridized carbons (Fsp3) is 0.400. The molecule has 0 spiro atoms. The Morgan fingerprint density at radius 2 is 1.95 bits per heavy atom. The van der Waals surface area contributed by atoms with Crippen LogP contribution < -0.4 is 0 Å². The Bertz CT molecular complexity index is 602. The van der Waals surface area contributed by atoms with E-state index in [1.54, 1.807) is 16.8 Å². The van der Waals surface area contributed by atoms with Crippen LogP contribution in [0.25, 0.3) is 0 Å². The summed E-state index contributed by atoms with van der Waals surface area (Å²) in [6.45, 7) is 6.32. The lowest BCUT2D eigenvalue weighted by Gasteiger charge is -2.23. The lowest BCUT2D eigenvalue weighted by Crippen LogP contribution is -2.31. The third-order valence-corrected chi connectivity index (χ3v) is 3.42. The molecule has 0 saturated carbocycles. The van der Waals surface area contributed by atoms with Crippen molar-refractivity contribution in [3.63, 3.8) is 0 Å². The number of halogens is 1. The monoisotopic (exact) mass is 275 g/mol. The molecule has 0 aliphatic carbocycles. The Morgan fingerprint density at radius 3 is 2.55 bits per heavy atom. The molecule has 5 heteroatoms. The fourth-order valence-corrected chi connectivity index (χ4v) is 2.13. The molecular formula is C15H18FN3O. The standard InChI is InChI=1S/C15H18FN3O/c1-4-9-19-13(10-17-18-19)14(20)15(2,3)11-5-7-12(16)8-6-11/h5-8,10H,4,9H2,1-3H3. The highest BCUT2D eigenvalue weighted by Gasteiger charge is 2.33. The summed E-state index contributed by atoms with van der Waals surface area (Å²) in [5.41, 5.74) is 0.510. The van der Waals surface area contributed by atoms with Crippen LogP contribution in [-0.4, -0.2) is 20.8 Å². The van der Waals surface area contributed by atoms with Crippen LogP contribution in [0, 0.1) is 5.82 Å². The molecule has 2 rings (SSSR count). The second kappa shape index (κ2) is 5.53. The molecule has 0 atom stereocenters. The number of hydrogen-bond acceptors (Lipinski definition) is 3. The summed E-state index contributed by atoms with van der Waals surface area (Å²) in [6, 6.07) is 6.01. The predicted molar refractivity (Wildman–Crippen MR) is 74.1 cm³/mol. The van der Waals surface area contributed by atoms with Crippen molar-refractivity contribution >= 4 is 5.78 Å². The Balaban J connectivity index is 2.35. The molecule has 0 radical (unpaired) electrons. The lowest BCUT2D eigenvalue weighted by molar-refractivity contribution is 0.0897. The molecule has 20 heavy (non-hydrogen) atoms. The first-order valence-electron chi connectivity index (χ1n) is 6.66. The van der Waals surface area contributed by atoms with Crippen LogP contribution in [0.3, 0.4) is 0 Å². The molecule has 1 heterocycles. The van der Waals surface area contributed by atoms with Gasteiger partial charge in [-0.2, -0.15) is 0 Å². The van der Waals surface area contributed by atoms with Gasteiger partial charge >= 0.3 is 0 Å². The number of rotatable bonds is 5. The van der Waals surface area contributed by atoms with Crippen molar-refractivity contribution in [2.75, 3.05) is 0 Å². The zero-order chi connectivity index (χ0) is 14.8. The first-order chi connectivity index (χ1) is 9.46. The van der Waals surface area contributed by atoms with Gasteiger partial charge in [-0.25, -0.2) is 9.07 Å². The van der Waals surface area contributed by atoms with Crippen LogP contribution in [-0.2, 0) is 12.0 Å². The van der Waals surface area contributed by atoms with E-state index in [0.717, 1.165) is 12.0 Å². The third-order valence-electron chi connectivity index (χ3n) is 3.42. The number of aryl methyl sites for hydroxylation is 1. The molecule has 0 fully saturated rings. The molecule has 2 aromatic rings. The minimum Gasteiger partial charge on any atom is -0.291 e. The minimum atomic E-state index is -0.749. The summed E-state index contributed by atoms with van der Waals surface area (Å²) in [5.74, 6) is -0.378. The van der Waals surface area contributed by atoms with Crippen molar-refractivity contribution in [1.82, 2.24) is 15.0 Å².